The van der Waals surface area contributed by atoms with E-state index in [0.717, 1.165) is 0 Å². The van der Waals surface area contributed by atoms with Gasteiger partial charge < -0.3 is 10.3 Å². The first-order valence-electron chi connectivity index (χ1n) is 8.96. The first-order chi connectivity index (χ1) is 14.7. The summed E-state index contributed by atoms with van der Waals surface area (Å²) in [4.78, 5) is 36.9. The summed E-state index contributed by atoms with van der Waals surface area (Å²) in [5.41, 5.74) is 4.33. The van der Waals surface area contributed by atoms with Gasteiger partial charge in [-0.15, -0.1) is 0 Å². The molecule has 148 valence electrons. The fourth-order valence-corrected chi connectivity index (χ4v) is 3.09. The molecule has 10 nitrogen and oxygen atoms in total. The minimum Gasteiger partial charge on any atom is -0.361 e. The molecule has 0 aliphatic heterocycles. The lowest BCUT2D eigenvalue weighted by Gasteiger charge is -2.16. The topological polar surface area (TPSA) is 126 Å². The van der Waals surface area contributed by atoms with Crippen LogP contribution in [0, 0.1) is 5.82 Å². The molecule has 0 radical (unpaired) electrons. The molecule has 0 spiro atoms. The van der Waals surface area contributed by atoms with Crippen LogP contribution in [0.2, 0.25) is 0 Å². The van der Waals surface area contributed by atoms with Crippen molar-refractivity contribution in [3.8, 4) is 0 Å². The monoisotopic (exact) mass is 403 g/mol. The van der Waals surface area contributed by atoms with Crippen LogP contribution in [0.3, 0.4) is 0 Å². The van der Waals surface area contributed by atoms with Crippen LogP contribution >= 0.6 is 0 Å². The minimum atomic E-state index is -0.638. The number of anilines is 2. The van der Waals surface area contributed by atoms with E-state index in [1.54, 1.807) is 30.6 Å². The smallest absolute Gasteiger partial charge is 0.283 e. The summed E-state index contributed by atoms with van der Waals surface area (Å²) in [7, 11) is 0. The van der Waals surface area contributed by atoms with Crippen molar-refractivity contribution in [3.63, 3.8) is 0 Å². The summed E-state index contributed by atoms with van der Waals surface area (Å²) in [5, 5.41) is 3.03. The summed E-state index contributed by atoms with van der Waals surface area (Å²) in [6.45, 7) is 0.125. The SMILES string of the molecule is O=c1c2c(F)cccc2nc(CNc2ncnc3nc[nH]c23)n1Nc1cccnc1. The van der Waals surface area contributed by atoms with Gasteiger partial charge in [-0.2, -0.15) is 0 Å². The minimum absolute atomic E-state index is 0.101. The standard InChI is InChI=1S/C19H14FN9O/c20-12-4-1-5-13-15(12)19(30)29(28-11-3-2-6-21-7-11)14(27-13)8-22-17-16-18(24-9-23-16)26-10-25-17/h1-7,9-10,28H,8H2,(H2,22,23,24,25,26). The highest BCUT2D eigenvalue weighted by molar-refractivity contribution is 5.82. The van der Waals surface area contributed by atoms with E-state index < -0.39 is 11.4 Å². The molecule has 0 saturated carbocycles. The predicted octanol–water partition coefficient (Wildman–Crippen LogP) is 2.08. The molecule has 0 atom stereocenters. The normalized spacial score (nSPS) is 11.1. The van der Waals surface area contributed by atoms with Crippen molar-refractivity contribution in [1.29, 1.82) is 0 Å². The molecule has 0 aliphatic carbocycles. The van der Waals surface area contributed by atoms with Gasteiger partial charge in [-0.1, -0.05) is 6.07 Å². The van der Waals surface area contributed by atoms with E-state index in [1.165, 1.54) is 29.5 Å². The average molecular weight is 403 g/mol. The summed E-state index contributed by atoms with van der Waals surface area (Å²) in [5.74, 6) is 0.188. The number of imidazole rings is 1. The highest BCUT2D eigenvalue weighted by Gasteiger charge is 2.15. The summed E-state index contributed by atoms with van der Waals surface area (Å²) < 4.78 is 15.5. The fraction of sp³-hybridized carbons (Fsp3) is 0.0526. The maximum absolute atomic E-state index is 14.4. The zero-order valence-corrected chi connectivity index (χ0v) is 15.4. The molecular formula is C19H14FN9O. The maximum Gasteiger partial charge on any atom is 0.283 e. The van der Waals surface area contributed by atoms with E-state index in [4.69, 9.17) is 0 Å². The molecule has 4 heterocycles. The first kappa shape index (κ1) is 17.7. The number of H-pyrrole nitrogens is 1. The number of aromatic amines is 1. The van der Waals surface area contributed by atoms with Crippen molar-refractivity contribution in [2.45, 2.75) is 6.54 Å². The number of nitrogens with one attached hydrogen (secondary N) is 3. The third-order valence-corrected chi connectivity index (χ3v) is 4.46. The molecule has 5 rings (SSSR count). The number of halogens is 1. The highest BCUT2D eigenvalue weighted by atomic mass is 19.1. The summed E-state index contributed by atoms with van der Waals surface area (Å²) >= 11 is 0. The Morgan fingerprint density at radius 2 is 2.07 bits per heavy atom. The van der Waals surface area contributed by atoms with Crippen LogP contribution in [-0.4, -0.2) is 34.6 Å². The van der Waals surface area contributed by atoms with Crippen molar-refractivity contribution in [1.82, 2.24) is 34.6 Å². The summed E-state index contributed by atoms with van der Waals surface area (Å²) in [6.07, 6.45) is 6.06. The second-order valence-corrected chi connectivity index (χ2v) is 6.33. The van der Waals surface area contributed by atoms with Crippen molar-refractivity contribution < 1.29 is 4.39 Å². The largest absolute Gasteiger partial charge is 0.361 e. The lowest BCUT2D eigenvalue weighted by Crippen LogP contribution is -2.32. The van der Waals surface area contributed by atoms with Gasteiger partial charge in [0.05, 0.1) is 30.3 Å². The van der Waals surface area contributed by atoms with Gasteiger partial charge in [-0.05, 0) is 24.3 Å². The number of rotatable bonds is 5. The second-order valence-electron chi connectivity index (χ2n) is 6.33. The molecule has 30 heavy (non-hydrogen) atoms. The predicted molar refractivity (Wildman–Crippen MR) is 108 cm³/mol. The molecule has 1 aromatic carbocycles. The molecule has 11 heteroatoms. The van der Waals surface area contributed by atoms with Crippen molar-refractivity contribution in [2.24, 2.45) is 0 Å². The molecule has 0 saturated heterocycles. The van der Waals surface area contributed by atoms with Crippen LogP contribution in [0.15, 0.2) is 60.2 Å². The molecule has 4 aromatic heterocycles. The molecule has 0 unspecified atom stereocenters. The Labute approximate surface area is 167 Å². The number of hydrogen-bond donors (Lipinski definition) is 3. The highest BCUT2D eigenvalue weighted by Crippen LogP contribution is 2.17. The molecule has 3 N–H and O–H groups in total. The quantitative estimate of drug-likeness (QED) is 0.407. The average Bonchev–Trinajstić information content (AvgIpc) is 3.25. The van der Waals surface area contributed by atoms with Crippen molar-refractivity contribution >= 4 is 33.6 Å². The third kappa shape index (κ3) is 3.07. The van der Waals surface area contributed by atoms with Crippen LogP contribution < -0.4 is 16.3 Å². The van der Waals surface area contributed by atoms with Crippen LogP contribution in [0.4, 0.5) is 15.9 Å². The van der Waals surface area contributed by atoms with Gasteiger partial charge in [0.1, 0.15) is 23.0 Å². The van der Waals surface area contributed by atoms with Crippen LogP contribution in [0.25, 0.3) is 22.1 Å². The van der Waals surface area contributed by atoms with Gasteiger partial charge in [0.15, 0.2) is 17.3 Å². The fourth-order valence-electron chi connectivity index (χ4n) is 3.09. The van der Waals surface area contributed by atoms with E-state index >= 15 is 0 Å². The van der Waals surface area contributed by atoms with E-state index in [-0.39, 0.29) is 17.4 Å². The van der Waals surface area contributed by atoms with Crippen LogP contribution in [0.1, 0.15) is 5.82 Å². The van der Waals surface area contributed by atoms with Crippen LogP contribution in [-0.2, 0) is 6.54 Å². The number of benzene rings is 1. The van der Waals surface area contributed by atoms with E-state index in [0.29, 0.717) is 28.5 Å². The molecular weight excluding hydrogens is 389 g/mol. The van der Waals surface area contributed by atoms with Gasteiger partial charge in [-0.3, -0.25) is 15.2 Å². The van der Waals surface area contributed by atoms with Crippen LogP contribution in [0.5, 0.6) is 0 Å². The molecule has 5 aromatic rings. The lowest BCUT2D eigenvalue weighted by atomic mass is 10.2. The second kappa shape index (κ2) is 7.20. The van der Waals surface area contributed by atoms with Gasteiger partial charge in [-0.25, -0.2) is 29.0 Å². The number of hydrogen-bond acceptors (Lipinski definition) is 8. The van der Waals surface area contributed by atoms with Gasteiger partial charge in [0.2, 0.25) is 0 Å². The Morgan fingerprint density at radius 1 is 1.13 bits per heavy atom. The summed E-state index contributed by atoms with van der Waals surface area (Å²) in [6, 6.07) is 7.79. The zero-order valence-electron chi connectivity index (χ0n) is 15.4. The first-order valence-corrected chi connectivity index (χ1v) is 8.96. The Bertz CT molecular complexity index is 1410. The Morgan fingerprint density at radius 3 is 2.93 bits per heavy atom. The van der Waals surface area contributed by atoms with Crippen molar-refractivity contribution in [3.05, 3.63) is 77.4 Å². The molecule has 0 bridgehead atoms. The Hall–Kier alpha value is -4.41. The Balaban J connectivity index is 1.59. The van der Waals surface area contributed by atoms with E-state index in [1.807, 2.05) is 0 Å². The van der Waals surface area contributed by atoms with E-state index in [9.17, 15) is 9.18 Å². The number of nitrogens with zero attached hydrogens (tertiary/aromatic N) is 6. The molecule has 0 aliphatic rings. The Kier molecular flexibility index (Phi) is 4.24. The van der Waals surface area contributed by atoms with Gasteiger partial charge >= 0.3 is 0 Å². The maximum atomic E-state index is 14.4. The van der Waals surface area contributed by atoms with E-state index in [2.05, 4.69) is 40.6 Å². The number of fused-ring (bicyclic) bond motifs is 2. The number of pyridine rings is 1. The molecule has 0 fully saturated rings. The molecule has 0 amide bonds. The van der Waals surface area contributed by atoms with Gasteiger partial charge in [0, 0.05) is 6.20 Å². The number of aromatic nitrogens is 7. The third-order valence-electron chi connectivity index (χ3n) is 4.46. The lowest BCUT2D eigenvalue weighted by molar-refractivity contribution is 0.635. The zero-order chi connectivity index (χ0) is 20.5. The van der Waals surface area contributed by atoms with Gasteiger partial charge in [0.25, 0.3) is 5.56 Å². The van der Waals surface area contributed by atoms with Crippen molar-refractivity contribution in [2.75, 3.05) is 10.7 Å².